The number of fused-ring (bicyclic) bond motifs is 1. The topological polar surface area (TPSA) is 17.1 Å². The van der Waals surface area contributed by atoms with E-state index in [0.29, 0.717) is 5.56 Å². The van der Waals surface area contributed by atoms with Crippen LogP contribution < -0.4 is 15.9 Å². The number of rotatable bonds is 4. The lowest BCUT2D eigenvalue weighted by Crippen LogP contribution is -2.23. The zero-order valence-corrected chi connectivity index (χ0v) is 14.5. The standard InChI is InChI=1S/C23H16OP/c24-17-22-21-14-8-7-9-18(21)15-16-23(22)25(19-10-3-1-4-11-19)20-12-5-2-6-13-20/h1-16H. The van der Waals surface area contributed by atoms with Crippen LogP contribution in [0.5, 0.6) is 0 Å². The molecular formula is C23H16OP. The van der Waals surface area contributed by atoms with Crippen LogP contribution in [0.3, 0.4) is 0 Å². The van der Waals surface area contributed by atoms with Gasteiger partial charge in [0, 0.05) is 5.56 Å². The first-order chi connectivity index (χ1) is 12.4. The van der Waals surface area contributed by atoms with E-state index in [1.54, 1.807) is 0 Å². The molecule has 0 saturated carbocycles. The van der Waals surface area contributed by atoms with Crippen molar-refractivity contribution in [2.75, 3.05) is 0 Å². The summed E-state index contributed by atoms with van der Waals surface area (Å²) in [5.41, 5.74) is 0.678. The fourth-order valence-corrected chi connectivity index (χ4v) is 5.54. The highest BCUT2D eigenvalue weighted by molar-refractivity contribution is 7.80. The van der Waals surface area contributed by atoms with E-state index in [1.807, 2.05) is 36.4 Å². The Labute approximate surface area is 148 Å². The monoisotopic (exact) mass is 339 g/mol. The maximum Gasteiger partial charge on any atom is 0.234 e. The zero-order valence-electron chi connectivity index (χ0n) is 13.6. The molecule has 1 radical (unpaired) electrons. The van der Waals surface area contributed by atoms with Crippen molar-refractivity contribution in [3.63, 3.8) is 0 Å². The van der Waals surface area contributed by atoms with Gasteiger partial charge in [-0.1, -0.05) is 97.1 Å². The summed E-state index contributed by atoms with van der Waals surface area (Å²) in [6, 6.07) is 33.0. The number of carbonyl (C=O) groups excluding carboxylic acids is 1. The molecule has 0 spiro atoms. The van der Waals surface area contributed by atoms with E-state index in [-0.39, 0.29) is 0 Å². The summed E-state index contributed by atoms with van der Waals surface area (Å²) in [5.74, 6) is 0. The second kappa shape index (κ2) is 7.01. The minimum absolute atomic E-state index is 0.678. The van der Waals surface area contributed by atoms with Crippen molar-refractivity contribution in [3.8, 4) is 0 Å². The van der Waals surface area contributed by atoms with Crippen LogP contribution in [-0.2, 0) is 4.79 Å². The van der Waals surface area contributed by atoms with E-state index in [0.717, 1.165) is 16.1 Å². The van der Waals surface area contributed by atoms with Crippen molar-refractivity contribution in [1.82, 2.24) is 0 Å². The molecule has 4 aromatic carbocycles. The van der Waals surface area contributed by atoms with Crippen molar-refractivity contribution < 1.29 is 4.79 Å². The van der Waals surface area contributed by atoms with Crippen LogP contribution in [0.2, 0.25) is 0 Å². The molecule has 0 aliphatic rings. The van der Waals surface area contributed by atoms with Crippen LogP contribution in [-0.4, -0.2) is 6.29 Å². The van der Waals surface area contributed by atoms with Gasteiger partial charge in [0.1, 0.15) is 0 Å². The van der Waals surface area contributed by atoms with Gasteiger partial charge >= 0.3 is 0 Å². The Kier molecular flexibility index (Phi) is 4.41. The summed E-state index contributed by atoms with van der Waals surface area (Å²) < 4.78 is 0. The van der Waals surface area contributed by atoms with Crippen LogP contribution >= 0.6 is 7.92 Å². The van der Waals surface area contributed by atoms with E-state index in [9.17, 15) is 4.79 Å². The fraction of sp³-hybridized carbons (Fsp3) is 0. The first kappa shape index (κ1) is 15.7. The third kappa shape index (κ3) is 2.99. The third-order valence-corrected chi connectivity index (χ3v) is 6.76. The fourth-order valence-electron chi connectivity index (χ4n) is 3.14. The van der Waals surface area contributed by atoms with Crippen LogP contribution in [0.15, 0.2) is 97.1 Å². The van der Waals surface area contributed by atoms with Crippen LogP contribution in [0.4, 0.5) is 0 Å². The maximum atomic E-state index is 11.9. The van der Waals surface area contributed by atoms with Crippen LogP contribution in [0.1, 0.15) is 5.56 Å². The predicted molar refractivity (Wildman–Crippen MR) is 107 cm³/mol. The van der Waals surface area contributed by atoms with Gasteiger partial charge in [0.05, 0.1) is 0 Å². The Morgan fingerprint density at radius 3 is 1.76 bits per heavy atom. The molecule has 0 saturated heterocycles. The quantitative estimate of drug-likeness (QED) is 0.513. The molecule has 0 N–H and O–H groups in total. The van der Waals surface area contributed by atoms with Crippen LogP contribution in [0.25, 0.3) is 10.8 Å². The number of hydrogen-bond acceptors (Lipinski definition) is 1. The average molecular weight is 339 g/mol. The van der Waals surface area contributed by atoms with E-state index < -0.39 is 7.92 Å². The predicted octanol–water partition coefficient (Wildman–Crippen LogP) is 4.06. The summed E-state index contributed by atoms with van der Waals surface area (Å²) in [6.45, 7) is 0. The molecular weight excluding hydrogens is 323 g/mol. The van der Waals surface area contributed by atoms with Crippen molar-refractivity contribution >= 4 is 40.9 Å². The van der Waals surface area contributed by atoms with Crippen molar-refractivity contribution in [2.45, 2.75) is 0 Å². The Hall–Kier alpha value is -2.76. The first-order valence-corrected chi connectivity index (χ1v) is 9.53. The van der Waals surface area contributed by atoms with E-state index in [1.165, 1.54) is 10.6 Å². The highest BCUT2D eigenvalue weighted by Crippen LogP contribution is 2.35. The molecule has 1 nitrogen and oxygen atoms in total. The molecule has 0 heterocycles. The van der Waals surface area contributed by atoms with E-state index in [2.05, 4.69) is 66.9 Å². The van der Waals surface area contributed by atoms with Crippen LogP contribution in [0, 0.1) is 0 Å². The van der Waals surface area contributed by atoms with Crippen molar-refractivity contribution in [2.24, 2.45) is 0 Å². The molecule has 0 amide bonds. The highest BCUT2D eigenvalue weighted by Gasteiger charge is 2.20. The van der Waals surface area contributed by atoms with Gasteiger partial charge in [-0.15, -0.1) is 0 Å². The van der Waals surface area contributed by atoms with E-state index in [4.69, 9.17) is 0 Å². The molecule has 0 bridgehead atoms. The molecule has 119 valence electrons. The smallest absolute Gasteiger partial charge is 0.234 e. The summed E-state index contributed by atoms with van der Waals surface area (Å²) in [5, 5.41) is 5.56. The molecule has 25 heavy (non-hydrogen) atoms. The summed E-state index contributed by atoms with van der Waals surface area (Å²) in [7, 11) is -0.808. The SMILES string of the molecule is O=[C]c1c(P(c2ccccc2)c2ccccc2)ccc2ccccc12. The molecule has 0 atom stereocenters. The Bertz CT molecular complexity index is 970. The second-order valence-corrected chi connectivity index (χ2v) is 7.97. The van der Waals surface area contributed by atoms with Gasteiger partial charge in [0.2, 0.25) is 6.29 Å². The Balaban J connectivity index is 2.00. The van der Waals surface area contributed by atoms with E-state index >= 15 is 0 Å². The van der Waals surface area contributed by atoms with Crippen molar-refractivity contribution in [1.29, 1.82) is 0 Å². The lowest BCUT2D eigenvalue weighted by Gasteiger charge is -2.21. The van der Waals surface area contributed by atoms with Gasteiger partial charge in [-0.25, -0.2) is 0 Å². The zero-order chi connectivity index (χ0) is 17.1. The number of benzene rings is 4. The molecule has 0 aromatic heterocycles. The first-order valence-electron chi connectivity index (χ1n) is 8.18. The molecule has 0 aliphatic heterocycles. The second-order valence-electron chi connectivity index (χ2n) is 5.79. The summed E-state index contributed by atoms with van der Waals surface area (Å²) in [4.78, 5) is 11.9. The minimum Gasteiger partial charge on any atom is -0.285 e. The van der Waals surface area contributed by atoms with Gasteiger partial charge in [-0.2, -0.15) is 0 Å². The Morgan fingerprint density at radius 2 is 1.16 bits per heavy atom. The lowest BCUT2D eigenvalue weighted by molar-refractivity contribution is 0.563. The molecule has 2 heteroatoms. The lowest BCUT2D eigenvalue weighted by atomic mass is 10.1. The van der Waals surface area contributed by atoms with Gasteiger partial charge < -0.3 is 0 Å². The molecule has 0 aliphatic carbocycles. The third-order valence-electron chi connectivity index (χ3n) is 4.28. The normalized spacial score (nSPS) is 10.9. The van der Waals surface area contributed by atoms with Gasteiger partial charge in [0.25, 0.3) is 0 Å². The molecule has 4 rings (SSSR count). The van der Waals surface area contributed by atoms with Gasteiger partial charge in [-0.05, 0) is 34.6 Å². The number of hydrogen-bond donors (Lipinski definition) is 0. The molecule has 0 unspecified atom stereocenters. The highest BCUT2D eigenvalue weighted by atomic mass is 31.1. The minimum atomic E-state index is -0.808. The van der Waals surface area contributed by atoms with Crippen molar-refractivity contribution in [3.05, 3.63) is 103 Å². The van der Waals surface area contributed by atoms with Gasteiger partial charge in [-0.3, -0.25) is 4.79 Å². The Morgan fingerprint density at radius 1 is 0.600 bits per heavy atom. The molecule has 0 fully saturated rings. The summed E-state index contributed by atoms with van der Waals surface area (Å²) in [6.07, 6.45) is 2.22. The molecule has 4 aromatic rings. The average Bonchev–Trinajstić information content (AvgIpc) is 2.69. The van der Waals surface area contributed by atoms with Gasteiger partial charge in [0.15, 0.2) is 0 Å². The summed E-state index contributed by atoms with van der Waals surface area (Å²) >= 11 is 0. The largest absolute Gasteiger partial charge is 0.285 e. The maximum absolute atomic E-state index is 11.9.